The first-order valence-corrected chi connectivity index (χ1v) is 9.49. The highest BCUT2D eigenvalue weighted by Gasteiger charge is 2.23. The van der Waals surface area contributed by atoms with Crippen molar-refractivity contribution in [3.63, 3.8) is 0 Å². The zero-order valence-electron chi connectivity index (χ0n) is 17.0. The number of pyridine rings is 1. The summed E-state index contributed by atoms with van der Waals surface area (Å²) in [5.41, 5.74) is 0.795. The van der Waals surface area contributed by atoms with Gasteiger partial charge in [-0.3, -0.25) is 9.78 Å². The minimum Gasteiger partial charge on any atom is -0.508 e. The van der Waals surface area contributed by atoms with Crippen molar-refractivity contribution in [2.75, 3.05) is 7.11 Å². The fraction of sp³-hybridized carbons (Fsp3) is 0.130. The number of phenols is 2. The molecule has 1 heterocycles. The molecule has 0 fully saturated rings. The Labute approximate surface area is 183 Å². The van der Waals surface area contributed by atoms with Crippen molar-refractivity contribution in [2.45, 2.75) is 12.5 Å². The van der Waals surface area contributed by atoms with E-state index in [-0.39, 0.29) is 29.2 Å². The number of carbonyl (C=O) groups excluding carboxylic acids is 3. The summed E-state index contributed by atoms with van der Waals surface area (Å²) in [7, 11) is 1.23. The molecule has 2 aromatic carbocycles. The molecule has 0 spiro atoms. The highest BCUT2D eigenvalue weighted by Crippen LogP contribution is 2.24. The standard InChI is InChI=1S/C23H20N2O7/c1-31-23(30)19(25-21(28)15-3-2-10-24-13-15)11-14-4-7-17(8-5-14)32-22(29)18-12-16(26)6-9-20(18)27/h2-10,12-13,19,26-27H,11H2,1H3,(H,25,28)/t19-/m0/s1. The Morgan fingerprint density at radius 3 is 2.47 bits per heavy atom. The van der Waals surface area contributed by atoms with Crippen LogP contribution in [0.25, 0.3) is 0 Å². The first-order chi connectivity index (χ1) is 15.4. The predicted octanol–water partition coefficient (Wildman–Crippen LogP) is 2.23. The van der Waals surface area contributed by atoms with Crippen molar-refractivity contribution < 1.29 is 34.1 Å². The zero-order chi connectivity index (χ0) is 23.1. The van der Waals surface area contributed by atoms with Crippen molar-refractivity contribution in [3.8, 4) is 17.2 Å². The molecule has 9 heteroatoms. The minimum absolute atomic E-state index is 0.139. The average Bonchev–Trinajstić information content (AvgIpc) is 2.81. The number of phenolic OH excluding ortho intramolecular Hbond substituents is 2. The molecule has 164 valence electrons. The van der Waals surface area contributed by atoms with Gasteiger partial charge in [-0.15, -0.1) is 0 Å². The maximum absolute atomic E-state index is 12.4. The van der Waals surface area contributed by atoms with E-state index in [1.165, 1.54) is 43.8 Å². The fourth-order valence-corrected chi connectivity index (χ4v) is 2.85. The number of methoxy groups -OCH3 is 1. The third-order valence-corrected chi connectivity index (χ3v) is 4.49. The SMILES string of the molecule is COC(=O)[C@H](Cc1ccc(OC(=O)c2cc(O)ccc2O)cc1)NC(=O)c1cccnc1. The van der Waals surface area contributed by atoms with Crippen LogP contribution in [0, 0.1) is 0 Å². The van der Waals surface area contributed by atoms with Crippen LogP contribution in [-0.4, -0.2) is 46.2 Å². The summed E-state index contributed by atoms with van der Waals surface area (Å²) in [6, 6.07) is 12.0. The Morgan fingerprint density at radius 2 is 1.81 bits per heavy atom. The van der Waals surface area contributed by atoms with Crippen LogP contribution in [-0.2, 0) is 16.0 Å². The number of benzene rings is 2. The quantitative estimate of drug-likeness (QED) is 0.292. The maximum Gasteiger partial charge on any atom is 0.347 e. The second-order valence-corrected chi connectivity index (χ2v) is 6.73. The van der Waals surface area contributed by atoms with E-state index >= 15 is 0 Å². The minimum atomic E-state index is -0.939. The molecule has 3 aromatic rings. The predicted molar refractivity (Wildman–Crippen MR) is 112 cm³/mol. The molecule has 3 rings (SSSR count). The average molecular weight is 436 g/mol. The Kier molecular flexibility index (Phi) is 7.02. The summed E-state index contributed by atoms with van der Waals surface area (Å²) in [6.45, 7) is 0. The second kappa shape index (κ2) is 10.1. The molecule has 0 saturated heterocycles. The molecule has 0 unspecified atom stereocenters. The number of nitrogens with zero attached hydrogens (tertiary/aromatic N) is 1. The van der Waals surface area contributed by atoms with E-state index in [1.807, 2.05) is 0 Å². The summed E-state index contributed by atoms with van der Waals surface area (Å²) >= 11 is 0. The van der Waals surface area contributed by atoms with E-state index in [4.69, 9.17) is 9.47 Å². The largest absolute Gasteiger partial charge is 0.508 e. The molecule has 0 radical (unpaired) electrons. The van der Waals surface area contributed by atoms with E-state index in [0.717, 1.165) is 6.07 Å². The number of ether oxygens (including phenoxy) is 2. The van der Waals surface area contributed by atoms with E-state index in [0.29, 0.717) is 11.1 Å². The number of esters is 2. The van der Waals surface area contributed by atoms with Gasteiger partial charge in [-0.1, -0.05) is 12.1 Å². The van der Waals surface area contributed by atoms with Gasteiger partial charge < -0.3 is 25.0 Å². The first kappa shape index (κ1) is 22.3. The van der Waals surface area contributed by atoms with Crippen LogP contribution in [0.5, 0.6) is 17.2 Å². The normalized spacial score (nSPS) is 11.3. The van der Waals surface area contributed by atoms with Gasteiger partial charge in [0.15, 0.2) is 0 Å². The van der Waals surface area contributed by atoms with Crippen LogP contribution in [0.1, 0.15) is 26.3 Å². The van der Waals surface area contributed by atoms with E-state index in [1.54, 1.807) is 24.3 Å². The van der Waals surface area contributed by atoms with Crippen molar-refractivity contribution >= 4 is 17.8 Å². The summed E-state index contributed by atoms with van der Waals surface area (Å²) in [5, 5.41) is 21.9. The second-order valence-electron chi connectivity index (χ2n) is 6.73. The third-order valence-electron chi connectivity index (χ3n) is 4.49. The lowest BCUT2D eigenvalue weighted by molar-refractivity contribution is -0.142. The number of hydrogen-bond acceptors (Lipinski definition) is 8. The van der Waals surface area contributed by atoms with Crippen LogP contribution < -0.4 is 10.1 Å². The Bertz CT molecular complexity index is 1110. The number of nitrogens with one attached hydrogen (secondary N) is 1. The first-order valence-electron chi connectivity index (χ1n) is 9.49. The molecule has 32 heavy (non-hydrogen) atoms. The number of carbonyl (C=O) groups is 3. The Hall–Kier alpha value is -4.40. The van der Waals surface area contributed by atoms with Crippen LogP contribution in [0.15, 0.2) is 67.0 Å². The van der Waals surface area contributed by atoms with E-state index in [9.17, 15) is 24.6 Å². The van der Waals surface area contributed by atoms with Gasteiger partial charge in [0.1, 0.15) is 28.9 Å². The van der Waals surface area contributed by atoms with Crippen LogP contribution in [0.2, 0.25) is 0 Å². The third kappa shape index (κ3) is 5.60. The summed E-state index contributed by atoms with van der Waals surface area (Å²) in [6.07, 6.45) is 3.06. The highest BCUT2D eigenvalue weighted by molar-refractivity contribution is 5.96. The van der Waals surface area contributed by atoms with Gasteiger partial charge in [0.2, 0.25) is 0 Å². The molecule has 0 aliphatic heterocycles. The van der Waals surface area contributed by atoms with Crippen molar-refractivity contribution in [2.24, 2.45) is 0 Å². The van der Waals surface area contributed by atoms with Gasteiger partial charge in [-0.05, 0) is 48.0 Å². The number of aromatic hydroxyl groups is 2. The van der Waals surface area contributed by atoms with Crippen molar-refractivity contribution in [1.29, 1.82) is 0 Å². The number of rotatable bonds is 7. The van der Waals surface area contributed by atoms with Gasteiger partial charge in [0.25, 0.3) is 5.91 Å². The van der Waals surface area contributed by atoms with Crippen LogP contribution in [0.3, 0.4) is 0 Å². The van der Waals surface area contributed by atoms with Gasteiger partial charge in [-0.25, -0.2) is 9.59 Å². The zero-order valence-corrected chi connectivity index (χ0v) is 17.0. The molecule has 0 aliphatic carbocycles. The summed E-state index contributed by atoms with van der Waals surface area (Å²) in [5.74, 6) is -2.25. The molecule has 1 amide bonds. The van der Waals surface area contributed by atoms with Crippen LogP contribution >= 0.6 is 0 Å². The highest BCUT2D eigenvalue weighted by atomic mass is 16.5. The van der Waals surface area contributed by atoms with Gasteiger partial charge in [-0.2, -0.15) is 0 Å². The maximum atomic E-state index is 12.4. The van der Waals surface area contributed by atoms with Crippen molar-refractivity contribution in [3.05, 3.63) is 83.7 Å². The van der Waals surface area contributed by atoms with Crippen molar-refractivity contribution in [1.82, 2.24) is 10.3 Å². The lowest BCUT2D eigenvalue weighted by Crippen LogP contribution is -2.43. The molecular formula is C23H20N2O7. The Balaban J connectivity index is 1.68. The lowest BCUT2D eigenvalue weighted by Gasteiger charge is -2.17. The topological polar surface area (TPSA) is 135 Å². The van der Waals surface area contributed by atoms with Crippen LogP contribution in [0.4, 0.5) is 0 Å². The number of aromatic nitrogens is 1. The fourth-order valence-electron chi connectivity index (χ4n) is 2.85. The molecule has 0 bridgehead atoms. The summed E-state index contributed by atoms with van der Waals surface area (Å²) in [4.78, 5) is 40.6. The number of hydrogen-bond donors (Lipinski definition) is 3. The number of amides is 1. The smallest absolute Gasteiger partial charge is 0.347 e. The van der Waals surface area contributed by atoms with Gasteiger partial charge in [0, 0.05) is 18.8 Å². The molecular weight excluding hydrogens is 416 g/mol. The molecule has 1 aromatic heterocycles. The molecule has 0 saturated carbocycles. The molecule has 1 atom stereocenters. The molecule has 3 N–H and O–H groups in total. The summed E-state index contributed by atoms with van der Waals surface area (Å²) < 4.78 is 9.99. The van der Waals surface area contributed by atoms with E-state index < -0.39 is 23.9 Å². The molecule has 0 aliphatic rings. The molecule has 9 nitrogen and oxygen atoms in total. The van der Waals surface area contributed by atoms with Gasteiger partial charge in [0.05, 0.1) is 12.7 Å². The Morgan fingerprint density at radius 1 is 1.06 bits per heavy atom. The van der Waals surface area contributed by atoms with E-state index in [2.05, 4.69) is 10.3 Å². The van der Waals surface area contributed by atoms with Gasteiger partial charge >= 0.3 is 11.9 Å². The monoisotopic (exact) mass is 436 g/mol. The lowest BCUT2D eigenvalue weighted by atomic mass is 10.1.